The Labute approximate surface area is 230 Å². The first kappa shape index (κ1) is 27.4. The van der Waals surface area contributed by atoms with Crippen molar-refractivity contribution in [2.24, 2.45) is 16.7 Å². The van der Waals surface area contributed by atoms with E-state index in [0.29, 0.717) is 36.5 Å². The zero-order chi connectivity index (χ0) is 27.8. The highest BCUT2D eigenvalue weighted by Gasteiger charge is 2.59. The Bertz CT molecular complexity index is 1350. The summed E-state index contributed by atoms with van der Waals surface area (Å²) in [6, 6.07) is 9.01. The van der Waals surface area contributed by atoms with Crippen LogP contribution in [-0.4, -0.2) is 44.7 Å². The topological polar surface area (TPSA) is 124 Å². The number of carbonyl (C=O) groups is 2. The van der Waals surface area contributed by atoms with Crippen molar-refractivity contribution in [2.75, 3.05) is 11.9 Å². The third kappa shape index (κ3) is 5.20. The van der Waals surface area contributed by atoms with Gasteiger partial charge in [-0.1, -0.05) is 19.9 Å². The van der Waals surface area contributed by atoms with Gasteiger partial charge >= 0.3 is 0 Å². The number of thiazole rings is 1. The van der Waals surface area contributed by atoms with E-state index < -0.39 is 28.7 Å². The van der Waals surface area contributed by atoms with Gasteiger partial charge in [-0.05, 0) is 66.5 Å². The molecule has 2 heterocycles. The zero-order valence-corrected chi connectivity index (χ0v) is 22.8. The number of nitrogens with zero attached hydrogens (tertiary/aromatic N) is 2. The van der Waals surface area contributed by atoms with Crippen LogP contribution in [0.15, 0.2) is 48.8 Å². The lowest BCUT2D eigenvalue weighted by Crippen LogP contribution is -2.57. The number of carbonyl (C=O) groups excluding carboxylic acids is 2. The molecule has 4 N–H and O–H groups in total. The molecular formula is C29H33FN4O4S. The average molecular weight is 553 g/mol. The lowest BCUT2D eigenvalue weighted by molar-refractivity contribution is -0.144. The van der Waals surface area contributed by atoms with Gasteiger partial charge in [0.25, 0.3) is 5.91 Å². The van der Waals surface area contributed by atoms with Crippen LogP contribution in [0, 0.1) is 22.6 Å². The summed E-state index contributed by atoms with van der Waals surface area (Å²) >= 11 is 1.35. The number of hydrogen-bond donors (Lipinski definition) is 4. The van der Waals surface area contributed by atoms with Crippen LogP contribution in [-0.2, 0) is 17.8 Å². The monoisotopic (exact) mass is 552 g/mol. The first-order valence-electron chi connectivity index (χ1n) is 13.1. The maximum atomic E-state index is 13.3. The predicted molar refractivity (Wildman–Crippen MR) is 146 cm³/mol. The number of benzene rings is 1. The minimum Gasteiger partial charge on any atom is -0.396 e. The first-order valence-corrected chi connectivity index (χ1v) is 14.0. The molecule has 10 heteroatoms. The molecule has 1 fully saturated rings. The number of aromatic nitrogens is 2. The Morgan fingerprint density at radius 1 is 1.21 bits per heavy atom. The Balaban J connectivity index is 1.45. The standard InChI is InChI=1S/C29H33FN4O4S/c1-28-10-9-23(36)29(2,16-35)22(28)13-21-25(20(28)12-24(37)32-15-17-4-3-11-31-14-17)33-27(39-21)34-26(38)18-5-7-19(30)8-6-18/h3-8,11,14,20,22-23,35-36H,9-10,12-13,15-16H2,1-2H3,(H,32,37)(H,33,34,38)/t20-,22+,23-,28+,29+/m1/s1. The van der Waals surface area contributed by atoms with Gasteiger partial charge < -0.3 is 15.5 Å². The van der Waals surface area contributed by atoms with E-state index in [4.69, 9.17) is 4.98 Å². The van der Waals surface area contributed by atoms with Gasteiger partial charge in [0.1, 0.15) is 5.82 Å². The summed E-state index contributed by atoms with van der Waals surface area (Å²) in [4.78, 5) is 35.9. The van der Waals surface area contributed by atoms with Gasteiger partial charge in [-0.15, -0.1) is 11.3 Å². The SMILES string of the molecule is C[C@]1(CO)[C@H]2Cc3sc(NC(=O)c4ccc(F)cc4)nc3[C@@H](CC(=O)NCc3cccnc3)[C@]2(C)CC[C@H]1O. The number of aliphatic hydroxyl groups excluding tert-OH is 2. The van der Waals surface area contributed by atoms with Crippen LogP contribution in [0.3, 0.4) is 0 Å². The molecule has 3 aromatic rings. The number of pyridine rings is 1. The molecule has 0 unspecified atom stereocenters. The van der Waals surface area contributed by atoms with Crippen LogP contribution in [0.25, 0.3) is 0 Å². The summed E-state index contributed by atoms with van der Waals surface area (Å²) < 4.78 is 13.3. The lowest BCUT2D eigenvalue weighted by Gasteiger charge is -2.58. The van der Waals surface area contributed by atoms with Gasteiger partial charge in [-0.3, -0.25) is 19.9 Å². The van der Waals surface area contributed by atoms with Gasteiger partial charge in [0.05, 0.1) is 18.4 Å². The van der Waals surface area contributed by atoms with E-state index in [-0.39, 0.29) is 30.8 Å². The van der Waals surface area contributed by atoms with Crippen molar-refractivity contribution >= 4 is 28.3 Å². The summed E-state index contributed by atoms with van der Waals surface area (Å²) in [7, 11) is 0. The summed E-state index contributed by atoms with van der Waals surface area (Å²) in [5, 5.41) is 27.6. The summed E-state index contributed by atoms with van der Waals surface area (Å²) in [6.07, 6.45) is 4.70. The van der Waals surface area contributed by atoms with Crippen LogP contribution >= 0.6 is 11.3 Å². The molecule has 2 aliphatic carbocycles. The van der Waals surface area contributed by atoms with E-state index in [0.717, 1.165) is 16.1 Å². The van der Waals surface area contributed by atoms with Gasteiger partial charge in [0, 0.05) is 47.1 Å². The van der Waals surface area contributed by atoms with Crippen molar-refractivity contribution in [2.45, 2.75) is 58.1 Å². The highest BCUT2D eigenvalue weighted by molar-refractivity contribution is 7.15. The van der Waals surface area contributed by atoms with Crippen LogP contribution in [0.4, 0.5) is 9.52 Å². The van der Waals surface area contributed by atoms with Crippen molar-refractivity contribution < 1.29 is 24.2 Å². The van der Waals surface area contributed by atoms with Gasteiger partial charge in [-0.25, -0.2) is 9.37 Å². The molecule has 39 heavy (non-hydrogen) atoms. The fraction of sp³-hybridized carbons (Fsp3) is 0.448. The average Bonchev–Trinajstić information content (AvgIpc) is 3.34. The molecule has 1 aromatic carbocycles. The van der Waals surface area contributed by atoms with Crippen LogP contribution in [0.5, 0.6) is 0 Å². The van der Waals surface area contributed by atoms with E-state index in [1.807, 2.05) is 19.1 Å². The quantitative estimate of drug-likeness (QED) is 0.351. The fourth-order valence-electron chi connectivity index (χ4n) is 6.43. The third-order valence-electron chi connectivity index (χ3n) is 8.82. The Morgan fingerprint density at radius 3 is 2.67 bits per heavy atom. The maximum Gasteiger partial charge on any atom is 0.257 e. The number of rotatable bonds is 7. The number of nitrogens with one attached hydrogen (secondary N) is 2. The third-order valence-corrected chi connectivity index (χ3v) is 9.83. The predicted octanol–water partition coefficient (Wildman–Crippen LogP) is 4.05. The van der Waals surface area contributed by atoms with E-state index in [1.165, 1.54) is 35.6 Å². The molecule has 206 valence electrons. The largest absolute Gasteiger partial charge is 0.396 e. The van der Waals surface area contributed by atoms with E-state index in [2.05, 4.69) is 22.5 Å². The number of fused-ring (bicyclic) bond motifs is 2. The van der Waals surface area contributed by atoms with Gasteiger partial charge in [0.2, 0.25) is 5.91 Å². The maximum absolute atomic E-state index is 13.3. The molecule has 8 nitrogen and oxygen atoms in total. The highest BCUT2D eigenvalue weighted by Crippen LogP contribution is 2.62. The zero-order valence-electron chi connectivity index (χ0n) is 22.0. The summed E-state index contributed by atoms with van der Waals surface area (Å²) in [5.41, 5.74) is 0.847. The smallest absolute Gasteiger partial charge is 0.257 e. The molecule has 1 saturated carbocycles. The summed E-state index contributed by atoms with van der Waals surface area (Å²) in [5.74, 6) is -1.31. The van der Waals surface area contributed by atoms with E-state index in [9.17, 15) is 24.2 Å². The van der Waals surface area contributed by atoms with Gasteiger partial charge in [-0.2, -0.15) is 0 Å². The Kier molecular flexibility index (Phi) is 7.54. The van der Waals surface area contributed by atoms with Crippen LogP contribution in [0.2, 0.25) is 0 Å². The number of amides is 2. The van der Waals surface area contributed by atoms with Crippen LogP contribution in [0.1, 0.15) is 65.5 Å². The Morgan fingerprint density at radius 2 is 1.97 bits per heavy atom. The first-order chi connectivity index (χ1) is 18.6. The van der Waals surface area contributed by atoms with E-state index >= 15 is 0 Å². The Hall–Kier alpha value is -3.21. The normalized spacial score (nSPS) is 27.8. The molecule has 0 saturated heterocycles. The molecule has 2 aliphatic rings. The van der Waals surface area contributed by atoms with Crippen molar-refractivity contribution in [1.82, 2.24) is 15.3 Å². The van der Waals surface area contributed by atoms with E-state index in [1.54, 1.807) is 12.4 Å². The lowest BCUT2D eigenvalue weighted by atomic mass is 9.47. The molecule has 2 amide bonds. The fourth-order valence-corrected chi connectivity index (χ4v) is 7.49. The number of aliphatic hydroxyl groups is 2. The minimum atomic E-state index is -0.739. The van der Waals surface area contributed by atoms with Crippen molar-refractivity contribution in [1.29, 1.82) is 0 Å². The van der Waals surface area contributed by atoms with Crippen molar-refractivity contribution in [3.63, 3.8) is 0 Å². The second-order valence-electron chi connectivity index (χ2n) is 11.2. The number of halogens is 1. The molecule has 0 aliphatic heterocycles. The molecule has 0 bridgehead atoms. The molecule has 5 atom stereocenters. The van der Waals surface area contributed by atoms with Crippen molar-refractivity contribution in [3.8, 4) is 0 Å². The number of anilines is 1. The van der Waals surface area contributed by atoms with Crippen LogP contribution < -0.4 is 10.6 Å². The molecule has 5 rings (SSSR count). The van der Waals surface area contributed by atoms with Crippen molar-refractivity contribution in [3.05, 3.63) is 76.3 Å². The summed E-state index contributed by atoms with van der Waals surface area (Å²) in [6.45, 7) is 4.24. The highest BCUT2D eigenvalue weighted by atomic mass is 32.1. The number of hydrogen-bond acceptors (Lipinski definition) is 7. The molecule has 0 spiro atoms. The minimum absolute atomic E-state index is 0.0940. The second-order valence-corrected chi connectivity index (χ2v) is 12.2. The molecular weight excluding hydrogens is 519 g/mol. The molecule has 2 aromatic heterocycles. The van der Waals surface area contributed by atoms with Gasteiger partial charge in [0.15, 0.2) is 5.13 Å². The molecule has 0 radical (unpaired) electrons. The second kappa shape index (κ2) is 10.7.